The van der Waals surface area contributed by atoms with E-state index in [1.807, 2.05) is 54.7 Å². The molecule has 2 aromatic carbocycles. The molecule has 0 bridgehead atoms. The highest BCUT2D eigenvalue weighted by molar-refractivity contribution is 5.67. The molecule has 3 rings (SSSR count). The third kappa shape index (κ3) is 3.19. The molecule has 0 unspecified atom stereocenters. The molecule has 3 aromatic rings. The van der Waals surface area contributed by atoms with E-state index in [2.05, 4.69) is 41.9 Å². The molecule has 21 heavy (non-hydrogen) atoms. The second-order valence-electron chi connectivity index (χ2n) is 4.87. The summed E-state index contributed by atoms with van der Waals surface area (Å²) in [5, 5.41) is 0. The van der Waals surface area contributed by atoms with Crippen molar-refractivity contribution in [3.05, 3.63) is 89.7 Å². The third-order valence-corrected chi connectivity index (χ3v) is 3.30. The van der Waals surface area contributed by atoms with Gasteiger partial charge in [0.15, 0.2) is 0 Å². The second kappa shape index (κ2) is 6.07. The number of aromatic nitrogens is 1. The fourth-order valence-electron chi connectivity index (χ4n) is 2.18. The zero-order chi connectivity index (χ0) is 14.5. The third-order valence-electron chi connectivity index (χ3n) is 3.30. The number of hydrogen-bond acceptors (Lipinski definition) is 1. The topological polar surface area (TPSA) is 12.9 Å². The molecular formula is C20H15N. The van der Waals surface area contributed by atoms with Crippen LogP contribution in [0, 0.1) is 18.8 Å². The van der Waals surface area contributed by atoms with Gasteiger partial charge in [0.25, 0.3) is 0 Å². The summed E-state index contributed by atoms with van der Waals surface area (Å²) in [6, 6.07) is 22.4. The highest BCUT2D eigenvalue weighted by Crippen LogP contribution is 2.22. The van der Waals surface area contributed by atoms with Crippen molar-refractivity contribution >= 4 is 0 Å². The molecule has 0 spiro atoms. The van der Waals surface area contributed by atoms with Gasteiger partial charge >= 0.3 is 0 Å². The van der Waals surface area contributed by atoms with Crippen molar-refractivity contribution in [2.45, 2.75) is 6.92 Å². The summed E-state index contributed by atoms with van der Waals surface area (Å²) in [6.45, 7) is 2.07. The minimum Gasteiger partial charge on any atom is -0.247 e. The van der Waals surface area contributed by atoms with Gasteiger partial charge in [-0.3, -0.25) is 0 Å². The lowest BCUT2D eigenvalue weighted by Crippen LogP contribution is -1.89. The van der Waals surface area contributed by atoms with Crippen molar-refractivity contribution in [1.82, 2.24) is 4.98 Å². The lowest BCUT2D eigenvalue weighted by atomic mass is 10.0. The van der Waals surface area contributed by atoms with Crippen LogP contribution in [0.3, 0.4) is 0 Å². The maximum absolute atomic E-state index is 4.41. The number of pyridine rings is 1. The Morgan fingerprint density at radius 2 is 1.48 bits per heavy atom. The zero-order valence-electron chi connectivity index (χ0n) is 11.9. The Bertz CT molecular complexity index is 793. The quantitative estimate of drug-likeness (QED) is 0.594. The normalized spacial score (nSPS) is 9.76. The molecule has 0 atom stereocenters. The summed E-state index contributed by atoms with van der Waals surface area (Å²) in [4.78, 5) is 4.41. The Kier molecular flexibility index (Phi) is 3.80. The van der Waals surface area contributed by atoms with E-state index in [0.29, 0.717) is 0 Å². The van der Waals surface area contributed by atoms with Crippen molar-refractivity contribution in [3.63, 3.8) is 0 Å². The summed E-state index contributed by atoms with van der Waals surface area (Å²) >= 11 is 0. The van der Waals surface area contributed by atoms with Gasteiger partial charge in [0, 0.05) is 11.8 Å². The summed E-state index contributed by atoms with van der Waals surface area (Å²) in [7, 11) is 0. The molecule has 0 saturated carbocycles. The fourth-order valence-corrected chi connectivity index (χ4v) is 2.18. The van der Waals surface area contributed by atoms with Crippen LogP contribution in [0.4, 0.5) is 0 Å². The van der Waals surface area contributed by atoms with Crippen LogP contribution in [0.1, 0.15) is 16.8 Å². The maximum atomic E-state index is 4.41. The van der Waals surface area contributed by atoms with Crippen LogP contribution in [-0.4, -0.2) is 4.98 Å². The molecule has 100 valence electrons. The molecule has 1 heteroatoms. The van der Waals surface area contributed by atoms with Gasteiger partial charge in [-0.25, -0.2) is 4.98 Å². The average molecular weight is 269 g/mol. The Hall–Kier alpha value is -2.85. The molecule has 0 saturated heterocycles. The Labute approximate surface area is 125 Å². The van der Waals surface area contributed by atoms with Gasteiger partial charge in [0.2, 0.25) is 0 Å². The van der Waals surface area contributed by atoms with Crippen molar-refractivity contribution in [2.24, 2.45) is 0 Å². The van der Waals surface area contributed by atoms with Gasteiger partial charge in [0.1, 0.15) is 5.69 Å². The fraction of sp³-hybridized carbons (Fsp3) is 0.0500. The van der Waals surface area contributed by atoms with Gasteiger partial charge in [0.05, 0.1) is 0 Å². The maximum Gasteiger partial charge on any atom is 0.114 e. The molecular weight excluding hydrogens is 254 g/mol. The molecule has 0 radical (unpaired) electrons. The van der Waals surface area contributed by atoms with E-state index in [1.54, 1.807) is 0 Å². The summed E-state index contributed by atoms with van der Waals surface area (Å²) in [5.41, 5.74) is 5.33. The first-order valence-corrected chi connectivity index (χ1v) is 6.92. The van der Waals surface area contributed by atoms with Crippen molar-refractivity contribution in [1.29, 1.82) is 0 Å². The van der Waals surface area contributed by atoms with Crippen LogP contribution in [0.25, 0.3) is 11.1 Å². The predicted molar refractivity (Wildman–Crippen MR) is 86.8 cm³/mol. The second-order valence-corrected chi connectivity index (χ2v) is 4.87. The number of hydrogen-bond donors (Lipinski definition) is 0. The van der Waals surface area contributed by atoms with Crippen LogP contribution in [0.15, 0.2) is 72.9 Å². The number of benzene rings is 2. The Morgan fingerprint density at radius 3 is 2.19 bits per heavy atom. The van der Waals surface area contributed by atoms with Crippen molar-refractivity contribution < 1.29 is 0 Å². The van der Waals surface area contributed by atoms with Crippen molar-refractivity contribution in [3.8, 4) is 23.0 Å². The lowest BCUT2D eigenvalue weighted by molar-refractivity contribution is 1.24. The van der Waals surface area contributed by atoms with E-state index < -0.39 is 0 Å². The molecule has 0 aliphatic heterocycles. The molecule has 0 amide bonds. The Morgan fingerprint density at radius 1 is 0.810 bits per heavy atom. The average Bonchev–Trinajstić information content (AvgIpc) is 2.56. The van der Waals surface area contributed by atoms with E-state index in [-0.39, 0.29) is 0 Å². The van der Waals surface area contributed by atoms with Crippen LogP contribution < -0.4 is 0 Å². The molecule has 0 fully saturated rings. The molecule has 1 aromatic heterocycles. The standard InChI is InChI=1S/C20H15N/c1-16-15-21-19(13-12-17-8-4-2-5-9-17)14-20(16)18-10-6-3-7-11-18/h2-11,14-15H,1H3. The highest BCUT2D eigenvalue weighted by atomic mass is 14.7. The van der Waals surface area contributed by atoms with Crippen LogP contribution >= 0.6 is 0 Å². The lowest BCUT2D eigenvalue weighted by Gasteiger charge is -2.05. The van der Waals surface area contributed by atoms with Crippen LogP contribution in [0.5, 0.6) is 0 Å². The van der Waals surface area contributed by atoms with Gasteiger partial charge in [-0.2, -0.15) is 0 Å². The summed E-state index contributed by atoms with van der Waals surface area (Å²) in [5.74, 6) is 6.28. The van der Waals surface area contributed by atoms with Gasteiger partial charge in [-0.15, -0.1) is 0 Å². The van der Waals surface area contributed by atoms with E-state index in [0.717, 1.165) is 16.8 Å². The van der Waals surface area contributed by atoms with E-state index in [4.69, 9.17) is 0 Å². The minimum absolute atomic E-state index is 0.795. The highest BCUT2D eigenvalue weighted by Gasteiger charge is 2.02. The molecule has 1 nitrogen and oxygen atoms in total. The van der Waals surface area contributed by atoms with E-state index >= 15 is 0 Å². The van der Waals surface area contributed by atoms with E-state index in [1.165, 1.54) is 11.1 Å². The number of nitrogens with zero attached hydrogens (tertiary/aromatic N) is 1. The molecule has 0 aliphatic rings. The van der Waals surface area contributed by atoms with Gasteiger partial charge in [-0.1, -0.05) is 54.5 Å². The van der Waals surface area contributed by atoms with Crippen LogP contribution in [0.2, 0.25) is 0 Å². The zero-order valence-corrected chi connectivity index (χ0v) is 11.9. The first-order chi connectivity index (χ1) is 10.3. The first kappa shape index (κ1) is 13.1. The molecule has 0 aliphatic carbocycles. The largest absolute Gasteiger partial charge is 0.247 e. The summed E-state index contributed by atoms with van der Waals surface area (Å²) < 4.78 is 0. The molecule has 0 N–H and O–H groups in total. The monoisotopic (exact) mass is 269 g/mol. The van der Waals surface area contributed by atoms with Crippen molar-refractivity contribution in [2.75, 3.05) is 0 Å². The number of aryl methyl sites for hydroxylation is 1. The smallest absolute Gasteiger partial charge is 0.114 e. The summed E-state index contributed by atoms with van der Waals surface area (Å²) in [6.07, 6.45) is 1.89. The SMILES string of the molecule is Cc1cnc(C#Cc2ccccc2)cc1-c1ccccc1. The van der Waals surface area contributed by atoms with Gasteiger partial charge in [-0.05, 0) is 47.7 Å². The minimum atomic E-state index is 0.795. The number of rotatable bonds is 1. The first-order valence-electron chi connectivity index (χ1n) is 6.92. The van der Waals surface area contributed by atoms with E-state index in [9.17, 15) is 0 Å². The van der Waals surface area contributed by atoms with Gasteiger partial charge < -0.3 is 0 Å². The predicted octanol–water partition coefficient (Wildman–Crippen LogP) is 4.46. The Balaban J connectivity index is 1.98. The molecule has 1 heterocycles. The van der Waals surface area contributed by atoms with Crippen LogP contribution in [-0.2, 0) is 0 Å².